The van der Waals surface area contributed by atoms with Gasteiger partial charge in [0.05, 0.1) is 6.54 Å². The van der Waals surface area contributed by atoms with Crippen LogP contribution in [0.4, 0.5) is 4.79 Å². The van der Waals surface area contributed by atoms with Crippen LogP contribution in [0.25, 0.3) is 0 Å². The normalized spacial score (nSPS) is 22.0. The molecular weight excluding hydrogens is 256 g/mol. The Labute approximate surface area is 118 Å². The average molecular weight is 274 g/mol. The summed E-state index contributed by atoms with van der Waals surface area (Å²) in [4.78, 5) is 36.2. The summed E-state index contributed by atoms with van der Waals surface area (Å²) in [5, 5.41) is 2.69. The van der Waals surface area contributed by atoms with Crippen molar-refractivity contribution in [3.63, 3.8) is 0 Å². The molecule has 3 amide bonds. The Balaban J connectivity index is 2.05. The first-order chi connectivity index (χ1) is 9.42. The Morgan fingerprint density at radius 3 is 2.50 bits per heavy atom. The fourth-order valence-electron chi connectivity index (χ4n) is 2.32. The van der Waals surface area contributed by atoms with Gasteiger partial charge in [0.15, 0.2) is 0 Å². The minimum atomic E-state index is -0.928. The summed E-state index contributed by atoms with van der Waals surface area (Å²) in [6.45, 7) is 2.90. The highest BCUT2D eigenvalue weighted by molar-refractivity contribution is 6.08. The van der Waals surface area contributed by atoms with E-state index in [-0.39, 0.29) is 18.2 Å². The molecule has 20 heavy (non-hydrogen) atoms. The van der Waals surface area contributed by atoms with Gasteiger partial charge in [-0.05, 0) is 32.3 Å². The second-order valence-electron chi connectivity index (χ2n) is 5.34. The van der Waals surface area contributed by atoms with Gasteiger partial charge in [-0.25, -0.2) is 4.79 Å². The third kappa shape index (κ3) is 2.87. The van der Waals surface area contributed by atoms with Crippen molar-refractivity contribution in [3.8, 4) is 0 Å². The van der Waals surface area contributed by atoms with Gasteiger partial charge in [0.1, 0.15) is 11.3 Å². The van der Waals surface area contributed by atoms with E-state index in [1.54, 1.807) is 6.92 Å². The number of carbonyl (C=O) groups excluding carboxylic acids is 3. The highest BCUT2D eigenvalue weighted by Gasteiger charge is 2.47. The third-order valence-corrected chi connectivity index (χ3v) is 3.48. The molecule has 1 saturated heterocycles. The van der Waals surface area contributed by atoms with E-state index in [0.717, 1.165) is 10.5 Å². The molecule has 1 heterocycles. The summed E-state index contributed by atoms with van der Waals surface area (Å²) >= 11 is 0. The second-order valence-corrected chi connectivity index (χ2v) is 5.34. The lowest BCUT2D eigenvalue weighted by atomic mass is 9.93. The quantitative estimate of drug-likeness (QED) is 0.828. The van der Waals surface area contributed by atoms with E-state index in [2.05, 4.69) is 5.32 Å². The van der Waals surface area contributed by atoms with Crippen LogP contribution in [-0.4, -0.2) is 34.7 Å². The molecule has 106 valence electrons. The van der Waals surface area contributed by atoms with Crippen molar-refractivity contribution in [1.29, 1.82) is 0 Å². The van der Waals surface area contributed by atoms with Gasteiger partial charge in [-0.15, -0.1) is 0 Å². The number of aryl methyl sites for hydroxylation is 1. The first kappa shape index (κ1) is 14.2. The van der Waals surface area contributed by atoms with Gasteiger partial charge >= 0.3 is 6.03 Å². The Bertz CT molecular complexity index is 541. The Kier molecular flexibility index (Phi) is 3.88. The maximum atomic E-state index is 12.3. The molecule has 1 aliphatic rings. The maximum Gasteiger partial charge on any atom is 0.325 e. The fraction of sp³-hybridized carbons (Fsp3) is 0.400. The van der Waals surface area contributed by atoms with Crippen molar-refractivity contribution in [2.75, 3.05) is 6.54 Å². The Hall–Kier alpha value is -2.17. The number of nitrogens with one attached hydrogen (secondary N) is 1. The van der Waals surface area contributed by atoms with E-state index < -0.39 is 11.6 Å². The topological polar surface area (TPSA) is 66.5 Å². The van der Waals surface area contributed by atoms with Crippen LogP contribution in [0.2, 0.25) is 0 Å². The zero-order valence-corrected chi connectivity index (χ0v) is 11.7. The first-order valence-corrected chi connectivity index (χ1v) is 6.60. The zero-order valence-electron chi connectivity index (χ0n) is 11.7. The standard InChI is InChI=1S/C15H18N2O3/c1-11(18)10-17-13(19)15(2,16-14(17)20)9-8-12-6-4-3-5-7-12/h3-7H,8-10H2,1-2H3,(H,16,20)/t15-/m0/s1. The molecule has 1 aromatic rings. The van der Waals surface area contributed by atoms with Crippen LogP contribution < -0.4 is 5.32 Å². The summed E-state index contributed by atoms with van der Waals surface area (Å²) in [6.07, 6.45) is 1.20. The molecule has 0 unspecified atom stereocenters. The molecule has 1 atom stereocenters. The number of ketones is 1. The predicted molar refractivity (Wildman–Crippen MR) is 74.1 cm³/mol. The highest BCUT2D eigenvalue weighted by Crippen LogP contribution is 2.23. The molecule has 0 aromatic heterocycles. The number of urea groups is 1. The van der Waals surface area contributed by atoms with Crippen LogP contribution in [-0.2, 0) is 16.0 Å². The van der Waals surface area contributed by atoms with E-state index in [9.17, 15) is 14.4 Å². The summed E-state index contributed by atoms with van der Waals surface area (Å²) in [5.41, 5.74) is 0.184. The number of rotatable bonds is 5. The highest BCUT2D eigenvalue weighted by atomic mass is 16.2. The summed E-state index contributed by atoms with van der Waals surface area (Å²) < 4.78 is 0. The van der Waals surface area contributed by atoms with Crippen molar-refractivity contribution in [2.45, 2.75) is 32.2 Å². The van der Waals surface area contributed by atoms with Crippen LogP contribution in [0.5, 0.6) is 0 Å². The lowest BCUT2D eigenvalue weighted by Gasteiger charge is -2.21. The van der Waals surface area contributed by atoms with Crippen LogP contribution >= 0.6 is 0 Å². The Morgan fingerprint density at radius 1 is 1.25 bits per heavy atom. The van der Waals surface area contributed by atoms with Gasteiger partial charge in [0.2, 0.25) is 0 Å². The second kappa shape index (κ2) is 5.45. The van der Waals surface area contributed by atoms with Crippen molar-refractivity contribution >= 4 is 17.7 Å². The molecule has 5 heteroatoms. The molecule has 1 aromatic carbocycles. The minimum Gasteiger partial charge on any atom is -0.323 e. The van der Waals surface area contributed by atoms with E-state index in [1.165, 1.54) is 6.92 Å². The maximum absolute atomic E-state index is 12.3. The number of imide groups is 1. The van der Waals surface area contributed by atoms with Crippen molar-refractivity contribution in [2.24, 2.45) is 0 Å². The molecule has 1 aliphatic heterocycles. The van der Waals surface area contributed by atoms with Crippen LogP contribution in [0.3, 0.4) is 0 Å². The monoisotopic (exact) mass is 274 g/mol. The van der Waals surface area contributed by atoms with Gasteiger partial charge in [-0.3, -0.25) is 14.5 Å². The van der Waals surface area contributed by atoms with Crippen molar-refractivity contribution in [1.82, 2.24) is 10.2 Å². The fourth-order valence-corrected chi connectivity index (χ4v) is 2.32. The van der Waals surface area contributed by atoms with Gasteiger partial charge in [-0.2, -0.15) is 0 Å². The van der Waals surface area contributed by atoms with Crippen LogP contribution in [0.15, 0.2) is 30.3 Å². The molecular formula is C15H18N2O3. The first-order valence-electron chi connectivity index (χ1n) is 6.60. The van der Waals surface area contributed by atoms with Gasteiger partial charge in [0.25, 0.3) is 5.91 Å². The SMILES string of the molecule is CC(=O)CN1C(=O)N[C@@](C)(CCc2ccccc2)C1=O. The number of carbonyl (C=O) groups is 3. The number of amides is 3. The average Bonchev–Trinajstić information content (AvgIpc) is 2.62. The third-order valence-electron chi connectivity index (χ3n) is 3.48. The number of hydrogen-bond donors (Lipinski definition) is 1. The zero-order chi connectivity index (χ0) is 14.8. The lowest BCUT2D eigenvalue weighted by molar-refractivity contribution is -0.133. The van der Waals surface area contributed by atoms with Gasteiger partial charge < -0.3 is 5.32 Å². The largest absolute Gasteiger partial charge is 0.325 e. The molecule has 0 bridgehead atoms. The summed E-state index contributed by atoms with van der Waals surface area (Å²) in [5.74, 6) is -0.533. The van der Waals surface area contributed by atoms with Crippen molar-refractivity contribution < 1.29 is 14.4 Å². The van der Waals surface area contributed by atoms with Crippen LogP contribution in [0, 0.1) is 0 Å². The van der Waals surface area contributed by atoms with E-state index >= 15 is 0 Å². The van der Waals surface area contributed by atoms with Gasteiger partial charge in [0, 0.05) is 0 Å². The predicted octanol–water partition coefficient (Wildman–Crippen LogP) is 1.52. The van der Waals surface area contributed by atoms with E-state index in [1.807, 2.05) is 30.3 Å². The smallest absolute Gasteiger partial charge is 0.323 e. The molecule has 0 saturated carbocycles. The molecule has 1 N–H and O–H groups in total. The van der Waals surface area contributed by atoms with Crippen LogP contribution in [0.1, 0.15) is 25.8 Å². The number of nitrogens with zero attached hydrogens (tertiary/aromatic N) is 1. The van der Waals surface area contributed by atoms with E-state index in [4.69, 9.17) is 0 Å². The molecule has 0 aliphatic carbocycles. The Morgan fingerprint density at radius 2 is 1.90 bits per heavy atom. The molecule has 0 spiro atoms. The van der Waals surface area contributed by atoms with Crippen molar-refractivity contribution in [3.05, 3.63) is 35.9 Å². The number of Topliss-reactive ketones (excluding diaryl/α,β-unsaturated/α-hetero) is 1. The number of hydrogen-bond acceptors (Lipinski definition) is 3. The van der Waals surface area contributed by atoms with E-state index in [0.29, 0.717) is 12.8 Å². The molecule has 5 nitrogen and oxygen atoms in total. The minimum absolute atomic E-state index is 0.161. The summed E-state index contributed by atoms with van der Waals surface area (Å²) in [7, 11) is 0. The summed E-state index contributed by atoms with van der Waals surface area (Å²) in [6, 6.07) is 9.29. The number of benzene rings is 1. The van der Waals surface area contributed by atoms with Gasteiger partial charge in [-0.1, -0.05) is 30.3 Å². The molecule has 1 fully saturated rings. The lowest BCUT2D eigenvalue weighted by Crippen LogP contribution is -2.44. The molecule has 2 rings (SSSR count). The molecule has 0 radical (unpaired) electrons.